The summed E-state index contributed by atoms with van der Waals surface area (Å²) in [7, 11) is 0. The molecule has 0 radical (unpaired) electrons. The van der Waals surface area contributed by atoms with Gasteiger partial charge in [0, 0.05) is 11.3 Å². The lowest BCUT2D eigenvalue weighted by Gasteiger charge is -2.04. The second kappa shape index (κ2) is 6.79. The zero-order valence-electron chi connectivity index (χ0n) is 9.16. The molecule has 0 saturated heterocycles. The monoisotopic (exact) mass is 207 g/mol. The predicted molar refractivity (Wildman–Crippen MR) is 63.2 cm³/mol. The number of nitrogens with two attached hydrogens (primary N) is 1. The molecule has 0 aliphatic rings. The second-order valence-electron chi connectivity index (χ2n) is 3.19. The normalized spacial score (nSPS) is 8.73. The van der Waals surface area contributed by atoms with Gasteiger partial charge < -0.3 is 15.6 Å². The maximum Gasteiger partial charge on any atom is 0.126 e. The molecule has 82 valence electrons. The molecule has 1 rings (SSSR count). The largest absolute Gasteiger partial charge is 0.398 e. The Labute approximate surface area is 90.2 Å². The average Bonchev–Trinajstić information content (AvgIpc) is 2.16. The fourth-order valence-electron chi connectivity index (χ4n) is 1.02. The maximum absolute atomic E-state index is 9.44. The summed E-state index contributed by atoms with van der Waals surface area (Å²) in [6, 6.07) is 5.43. The van der Waals surface area contributed by atoms with E-state index in [0.29, 0.717) is 5.69 Å². The summed E-state index contributed by atoms with van der Waals surface area (Å²) in [5, 5.41) is 8.87. The van der Waals surface area contributed by atoms with Crippen molar-refractivity contribution in [1.29, 1.82) is 0 Å². The van der Waals surface area contributed by atoms with E-state index < -0.39 is 0 Å². The van der Waals surface area contributed by atoms with Crippen molar-refractivity contribution in [2.45, 2.75) is 20.5 Å². The molecular formula is C12H17NO2. The van der Waals surface area contributed by atoms with Gasteiger partial charge in [0.25, 0.3) is 0 Å². The fraction of sp³-hybridized carbons (Fsp3) is 0.250. The zero-order chi connectivity index (χ0) is 11.8. The average molecular weight is 207 g/mol. The van der Waals surface area contributed by atoms with Gasteiger partial charge in [-0.3, -0.25) is 0 Å². The number of benzene rings is 1. The molecular weight excluding hydrogens is 190 g/mol. The standard InChI is InChI=1S/C9H11NO.C3H6O/c1-2-8-7(6-11)4-3-5-9(8)10;1-3(2)4/h2-5,11H,1,6,10H2;1-2H3. The van der Waals surface area contributed by atoms with Crippen molar-refractivity contribution >= 4 is 17.5 Å². The van der Waals surface area contributed by atoms with Crippen LogP contribution < -0.4 is 5.73 Å². The lowest BCUT2D eigenvalue weighted by atomic mass is 10.1. The van der Waals surface area contributed by atoms with Crippen molar-refractivity contribution in [3.8, 4) is 0 Å². The Morgan fingerprint density at radius 2 is 2.07 bits per heavy atom. The summed E-state index contributed by atoms with van der Waals surface area (Å²) in [5.41, 5.74) is 7.93. The quantitative estimate of drug-likeness (QED) is 0.729. The minimum Gasteiger partial charge on any atom is -0.398 e. The van der Waals surface area contributed by atoms with Crippen LogP contribution in [0.25, 0.3) is 6.08 Å². The number of hydrogen-bond acceptors (Lipinski definition) is 3. The number of aliphatic hydroxyl groups is 1. The van der Waals surface area contributed by atoms with Crippen molar-refractivity contribution in [3.63, 3.8) is 0 Å². The number of nitrogen functional groups attached to an aromatic ring is 1. The number of Topliss-reactive ketones (excluding diaryl/α,β-unsaturated/α-hetero) is 1. The van der Waals surface area contributed by atoms with Crippen LogP contribution in [0.3, 0.4) is 0 Å². The Hall–Kier alpha value is -1.61. The molecule has 3 N–H and O–H groups in total. The van der Waals surface area contributed by atoms with Gasteiger partial charge in [-0.1, -0.05) is 24.8 Å². The molecule has 0 spiro atoms. The molecule has 0 bridgehead atoms. The van der Waals surface area contributed by atoms with Crippen LogP contribution in [0.1, 0.15) is 25.0 Å². The molecule has 0 aliphatic carbocycles. The van der Waals surface area contributed by atoms with Crippen LogP contribution in [0, 0.1) is 0 Å². The molecule has 0 atom stereocenters. The van der Waals surface area contributed by atoms with Crippen LogP contribution in [0.5, 0.6) is 0 Å². The number of carbonyl (C=O) groups excluding carboxylic acids is 1. The summed E-state index contributed by atoms with van der Waals surface area (Å²) in [5.74, 6) is 0.167. The van der Waals surface area contributed by atoms with Gasteiger partial charge in [0.15, 0.2) is 0 Å². The fourth-order valence-corrected chi connectivity index (χ4v) is 1.02. The topological polar surface area (TPSA) is 63.3 Å². The molecule has 3 heteroatoms. The van der Waals surface area contributed by atoms with Gasteiger partial charge in [0.1, 0.15) is 5.78 Å². The lowest BCUT2D eigenvalue weighted by molar-refractivity contribution is -0.114. The van der Waals surface area contributed by atoms with Gasteiger partial charge >= 0.3 is 0 Å². The molecule has 0 unspecified atom stereocenters. The van der Waals surface area contributed by atoms with Gasteiger partial charge in [0.05, 0.1) is 6.61 Å². The number of aliphatic hydroxyl groups excluding tert-OH is 1. The molecule has 3 nitrogen and oxygen atoms in total. The van der Waals surface area contributed by atoms with E-state index in [9.17, 15) is 4.79 Å². The first-order valence-corrected chi connectivity index (χ1v) is 4.60. The number of rotatable bonds is 2. The number of ketones is 1. The maximum atomic E-state index is 9.44. The minimum atomic E-state index is 0.00634. The Morgan fingerprint density at radius 3 is 2.40 bits per heavy atom. The summed E-state index contributed by atoms with van der Waals surface area (Å²) in [6.07, 6.45) is 1.65. The van der Waals surface area contributed by atoms with E-state index in [-0.39, 0.29) is 12.4 Å². The molecule has 0 fully saturated rings. The van der Waals surface area contributed by atoms with E-state index >= 15 is 0 Å². The number of carbonyl (C=O) groups is 1. The summed E-state index contributed by atoms with van der Waals surface area (Å²) in [6.45, 7) is 6.67. The minimum absolute atomic E-state index is 0.00634. The molecule has 15 heavy (non-hydrogen) atoms. The van der Waals surface area contributed by atoms with Gasteiger partial charge in [-0.2, -0.15) is 0 Å². The molecule has 0 heterocycles. The predicted octanol–water partition coefficient (Wildman–Crippen LogP) is 2.00. The Bertz CT molecular complexity index is 341. The molecule has 1 aromatic rings. The van der Waals surface area contributed by atoms with Crippen molar-refractivity contribution < 1.29 is 9.90 Å². The van der Waals surface area contributed by atoms with Crippen molar-refractivity contribution in [2.75, 3.05) is 5.73 Å². The van der Waals surface area contributed by atoms with Crippen molar-refractivity contribution in [2.24, 2.45) is 0 Å². The Kier molecular flexibility index (Phi) is 6.06. The molecule has 0 aromatic heterocycles. The van der Waals surface area contributed by atoms with E-state index in [1.807, 2.05) is 12.1 Å². The third kappa shape index (κ3) is 4.98. The van der Waals surface area contributed by atoms with E-state index in [4.69, 9.17) is 10.8 Å². The number of anilines is 1. The molecule has 1 aromatic carbocycles. The first-order valence-electron chi connectivity index (χ1n) is 4.60. The van der Waals surface area contributed by atoms with E-state index in [0.717, 1.165) is 11.1 Å². The highest BCUT2D eigenvalue weighted by atomic mass is 16.3. The summed E-state index contributed by atoms with van der Waals surface area (Å²) >= 11 is 0. The SMILES string of the molecule is C=Cc1c(N)cccc1CO.CC(C)=O. The van der Waals surface area contributed by atoms with Crippen molar-refractivity contribution in [3.05, 3.63) is 35.9 Å². The molecule has 0 aliphatic heterocycles. The van der Waals surface area contributed by atoms with Crippen LogP contribution in [0.4, 0.5) is 5.69 Å². The highest BCUT2D eigenvalue weighted by Gasteiger charge is 1.99. The lowest BCUT2D eigenvalue weighted by Crippen LogP contribution is -1.94. The zero-order valence-corrected chi connectivity index (χ0v) is 9.16. The van der Waals surface area contributed by atoms with Crippen LogP contribution in [0.2, 0.25) is 0 Å². The highest BCUT2D eigenvalue weighted by Crippen LogP contribution is 2.17. The molecule has 0 saturated carbocycles. The van der Waals surface area contributed by atoms with Crippen molar-refractivity contribution in [1.82, 2.24) is 0 Å². The van der Waals surface area contributed by atoms with E-state index in [1.165, 1.54) is 13.8 Å². The summed E-state index contributed by atoms with van der Waals surface area (Å²) < 4.78 is 0. The molecule has 0 amide bonds. The van der Waals surface area contributed by atoms with Gasteiger partial charge in [-0.15, -0.1) is 0 Å². The van der Waals surface area contributed by atoms with Crippen LogP contribution >= 0.6 is 0 Å². The smallest absolute Gasteiger partial charge is 0.126 e. The van der Waals surface area contributed by atoms with E-state index in [1.54, 1.807) is 12.1 Å². The highest BCUT2D eigenvalue weighted by molar-refractivity contribution is 5.72. The third-order valence-electron chi connectivity index (χ3n) is 1.60. The Morgan fingerprint density at radius 1 is 1.53 bits per heavy atom. The van der Waals surface area contributed by atoms with Crippen LogP contribution in [-0.2, 0) is 11.4 Å². The van der Waals surface area contributed by atoms with Gasteiger partial charge in [-0.25, -0.2) is 0 Å². The Balaban J connectivity index is 0.000000423. The van der Waals surface area contributed by atoms with Crippen LogP contribution in [-0.4, -0.2) is 10.9 Å². The summed E-state index contributed by atoms with van der Waals surface area (Å²) in [4.78, 5) is 9.44. The number of hydrogen-bond donors (Lipinski definition) is 2. The van der Waals surface area contributed by atoms with Gasteiger partial charge in [0.2, 0.25) is 0 Å². The first kappa shape index (κ1) is 13.4. The second-order valence-corrected chi connectivity index (χ2v) is 3.19. The third-order valence-corrected chi connectivity index (χ3v) is 1.60. The van der Waals surface area contributed by atoms with E-state index in [2.05, 4.69) is 6.58 Å². The van der Waals surface area contributed by atoms with Crippen LogP contribution in [0.15, 0.2) is 24.8 Å². The van der Waals surface area contributed by atoms with Gasteiger partial charge in [-0.05, 0) is 25.5 Å². The first-order chi connectivity index (χ1) is 7.02.